The van der Waals surface area contributed by atoms with Crippen LogP contribution in [-0.2, 0) is 16.3 Å². The summed E-state index contributed by atoms with van der Waals surface area (Å²) in [6.07, 6.45) is 3.11. The molecular formula is C21H26O3S. The van der Waals surface area contributed by atoms with E-state index in [0.29, 0.717) is 21.6 Å². The molecule has 2 aromatic carbocycles. The Hall–Kier alpha value is -1.81. The number of sulfone groups is 1. The van der Waals surface area contributed by atoms with Crippen molar-refractivity contribution in [2.75, 3.05) is 0 Å². The Morgan fingerprint density at radius 1 is 1.04 bits per heavy atom. The van der Waals surface area contributed by atoms with Crippen molar-refractivity contribution in [3.05, 3.63) is 54.1 Å². The molecule has 4 heteroatoms. The molecule has 0 saturated heterocycles. The number of rotatable bonds is 5. The third-order valence-electron chi connectivity index (χ3n) is 5.20. The minimum Gasteiger partial charge on any atom is -0.490 e. The third-order valence-corrected chi connectivity index (χ3v) is 6.97. The molecule has 0 N–H and O–H groups in total. The van der Waals surface area contributed by atoms with Crippen LogP contribution in [0.2, 0.25) is 0 Å². The Labute approximate surface area is 151 Å². The Balaban J connectivity index is 1.85. The number of hydrogen-bond acceptors (Lipinski definition) is 3. The molecule has 1 aliphatic heterocycles. The molecule has 0 aliphatic carbocycles. The number of ether oxygens (including phenoxy) is 1. The molecule has 3 nitrogen and oxygen atoms in total. The standard InChI is InChI=1S/C21H26O3S/c1-15(2)16(3)13-18-11-9-17-10-12-20(14-21(17)24-18)25(22,23)19-7-5-4-6-8-19/h4-8,10,12,14-16,18H,9,11,13H2,1-3H3. The van der Waals surface area contributed by atoms with Crippen LogP contribution in [0.1, 0.15) is 39.2 Å². The topological polar surface area (TPSA) is 43.4 Å². The second kappa shape index (κ2) is 7.20. The Bertz CT molecular complexity index is 825. The molecule has 0 bridgehead atoms. The summed E-state index contributed by atoms with van der Waals surface area (Å²) in [4.78, 5) is 0.616. The smallest absolute Gasteiger partial charge is 0.206 e. The summed E-state index contributed by atoms with van der Waals surface area (Å²) in [7, 11) is -3.51. The van der Waals surface area contributed by atoms with Crippen molar-refractivity contribution < 1.29 is 13.2 Å². The monoisotopic (exact) mass is 358 g/mol. The minimum absolute atomic E-state index is 0.166. The van der Waals surface area contributed by atoms with Gasteiger partial charge in [0.25, 0.3) is 0 Å². The lowest BCUT2D eigenvalue weighted by molar-refractivity contribution is 0.134. The summed E-state index contributed by atoms with van der Waals surface area (Å²) >= 11 is 0. The molecule has 1 heterocycles. The first kappa shape index (κ1) is 18.0. The van der Waals surface area contributed by atoms with Crippen LogP contribution >= 0.6 is 0 Å². The first-order valence-corrected chi connectivity index (χ1v) is 10.5. The first-order valence-electron chi connectivity index (χ1n) is 8.97. The number of benzene rings is 2. The van der Waals surface area contributed by atoms with Gasteiger partial charge >= 0.3 is 0 Å². The lowest BCUT2D eigenvalue weighted by Gasteiger charge is -2.29. The molecule has 0 saturated carbocycles. The van der Waals surface area contributed by atoms with Crippen molar-refractivity contribution >= 4 is 9.84 Å². The fourth-order valence-corrected chi connectivity index (χ4v) is 4.46. The summed E-state index contributed by atoms with van der Waals surface area (Å²) < 4.78 is 31.8. The normalized spacial score (nSPS) is 18.5. The molecule has 134 valence electrons. The van der Waals surface area contributed by atoms with Gasteiger partial charge < -0.3 is 4.74 Å². The molecule has 25 heavy (non-hydrogen) atoms. The van der Waals surface area contributed by atoms with Crippen molar-refractivity contribution in [3.63, 3.8) is 0 Å². The van der Waals surface area contributed by atoms with E-state index in [9.17, 15) is 8.42 Å². The highest BCUT2D eigenvalue weighted by atomic mass is 32.2. The summed E-state index contributed by atoms with van der Waals surface area (Å²) in [6.45, 7) is 6.71. The van der Waals surface area contributed by atoms with Gasteiger partial charge in [-0.3, -0.25) is 0 Å². The number of fused-ring (bicyclic) bond motifs is 1. The van der Waals surface area contributed by atoms with E-state index in [2.05, 4.69) is 20.8 Å². The van der Waals surface area contributed by atoms with E-state index in [1.54, 1.807) is 36.4 Å². The molecule has 0 spiro atoms. The van der Waals surface area contributed by atoms with Crippen LogP contribution in [0.5, 0.6) is 5.75 Å². The molecule has 2 aromatic rings. The molecule has 1 aliphatic rings. The molecule has 0 amide bonds. The van der Waals surface area contributed by atoms with Crippen molar-refractivity contribution in [1.29, 1.82) is 0 Å². The van der Waals surface area contributed by atoms with E-state index >= 15 is 0 Å². The maximum atomic E-state index is 12.8. The van der Waals surface area contributed by atoms with Crippen LogP contribution in [0, 0.1) is 11.8 Å². The van der Waals surface area contributed by atoms with Gasteiger partial charge in [-0.25, -0.2) is 8.42 Å². The highest BCUT2D eigenvalue weighted by molar-refractivity contribution is 7.91. The maximum absolute atomic E-state index is 12.8. The van der Waals surface area contributed by atoms with Crippen molar-refractivity contribution in [1.82, 2.24) is 0 Å². The van der Waals surface area contributed by atoms with Gasteiger partial charge in [0.2, 0.25) is 9.84 Å². The molecule has 0 radical (unpaired) electrons. The van der Waals surface area contributed by atoms with Gasteiger partial charge in [0.15, 0.2) is 0 Å². The van der Waals surface area contributed by atoms with Gasteiger partial charge in [0, 0.05) is 0 Å². The second-order valence-corrected chi connectivity index (χ2v) is 9.27. The fraction of sp³-hybridized carbons (Fsp3) is 0.429. The minimum atomic E-state index is -3.51. The first-order chi connectivity index (χ1) is 11.9. The average molecular weight is 359 g/mol. The van der Waals surface area contributed by atoms with Gasteiger partial charge in [0.1, 0.15) is 5.75 Å². The van der Waals surface area contributed by atoms with Gasteiger partial charge in [-0.05, 0) is 60.9 Å². The average Bonchev–Trinajstić information content (AvgIpc) is 2.61. The molecule has 3 rings (SSSR count). The fourth-order valence-electron chi connectivity index (χ4n) is 3.16. The van der Waals surface area contributed by atoms with Gasteiger partial charge in [-0.15, -0.1) is 0 Å². The lowest BCUT2D eigenvalue weighted by atomic mass is 9.89. The molecule has 2 unspecified atom stereocenters. The Morgan fingerprint density at radius 2 is 1.76 bits per heavy atom. The Kier molecular flexibility index (Phi) is 5.19. The summed E-state index contributed by atoms with van der Waals surface area (Å²) in [6, 6.07) is 13.8. The largest absolute Gasteiger partial charge is 0.490 e. The van der Waals surface area contributed by atoms with Crippen molar-refractivity contribution in [2.45, 2.75) is 55.9 Å². The molecule has 0 fully saturated rings. The number of aryl methyl sites for hydroxylation is 1. The maximum Gasteiger partial charge on any atom is 0.206 e. The molecule has 2 atom stereocenters. The summed E-state index contributed by atoms with van der Waals surface area (Å²) in [5, 5.41) is 0. The summed E-state index contributed by atoms with van der Waals surface area (Å²) in [5.41, 5.74) is 1.10. The number of hydrogen-bond donors (Lipinski definition) is 0. The van der Waals surface area contributed by atoms with Crippen LogP contribution < -0.4 is 4.74 Å². The highest BCUT2D eigenvalue weighted by Crippen LogP contribution is 2.34. The van der Waals surface area contributed by atoms with E-state index < -0.39 is 9.84 Å². The van der Waals surface area contributed by atoms with Gasteiger partial charge in [-0.2, -0.15) is 0 Å². The zero-order chi connectivity index (χ0) is 18.0. The van der Waals surface area contributed by atoms with Gasteiger partial charge in [0.05, 0.1) is 15.9 Å². The van der Waals surface area contributed by atoms with E-state index in [-0.39, 0.29) is 6.10 Å². The van der Waals surface area contributed by atoms with Crippen LogP contribution in [0.4, 0.5) is 0 Å². The van der Waals surface area contributed by atoms with Crippen LogP contribution in [0.25, 0.3) is 0 Å². The van der Waals surface area contributed by atoms with E-state index in [1.807, 2.05) is 12.1 Å². The predicted octanol–water partition coefficient (Wildman–Crippen LogP) is 4.90. The molecular weight excluding hydrogens is 332 g/mol. The van der Waals surface area contributed by atoms with Crippen LogP contribution in [0.15, 0.2) is 58.3 Å². The predicted molar refractivity (Wildman–Crippen MR) is 99.7 cm³/mol. The Morgan fingerprint density at radius 3 is 2.44 bits per heavy atom. The van der Waals surface area contributed by atoms with Crippen LogP contribution in [-0.4, -0.2) is 14.5 Å². The van der Waals surface area contributed by atoms with E-state index in [1.165, 1.54) is 0 Å². The lowest BCUT2D eigenvalue weighted by Crippen LogP contribution is -2.26. The summed E-state index contributed by atoms with van der Waals surface area (Å²) in [5.74, 6) is 1.93. The van der Waals surface area contributed by atoms with E-state index in [0.717, 1.165) is 30.6 Å². The second-order valence-electron chi connectivity index (χ2n) is 7.32. The molecule has 0 aromatic heterocycles. The zero-order valence-electron chi connectivity index (χ0n) is 15.1. The van der Waals surface area contributed by atoms with Crippen molar-refractivity contribution in [2.24, 2.45) is 11.8 Å². The van der Waals surface area contributed by atoms with Crippen molar-refractivity contribution in [3.8, 4) is 5.75 Å². The van der Waals surface area contributed by atoms with Gasteiger partial charge in [-0.1, -0.05) is 45.0 Å². The quantitative estimate of drug-likeness (QED) is 0.764. The SMILES string of the molecule is CC(C)C(C)CC1CCc2ccc(S(=O)(=O)c3ccccc3)cc2O1. The third kappa shape index (κ3) is 3.90. The van der Waals surface area contributed by atoms with E-state index in [4.69, 9.17) is 4.74 Å². The van der Waals surface area contributed by atoms with Crippen LogP contribution in [0.3, 0.4) is 0 Å². The highest BCUT2D eigenvalue weighted by Gasteiger charge is 2.25. The zero-order valence-corrected chi connectivity index (χ0v) is 15.9.